The minimum absolute atomic E-state index is 0.146. The SMILES string of the molecule is CCOC(=O)Cc1csc(NN=Cc2cccc(OC)c2OCCN2CCOCC2)n1. The van der Waals surface area contributed by atoms with Gasteiger partial charge in [0.2, 0.25) is 5.13 Å². The molecule has 0 spiro atoms. The molecule has 0 saturated carbocycles. The van der Waals surface area contributed by atoms with Gasteiger partial charge in [0.25, 0.3) is 0 Å². The second-order valence-electron chi connectivity index (χ2n) is 6.68. The van der Waals surface area contributed by atoms with Crippen LogP contribution in [-0.4, -0.2) is 75.2 Å². The maximum Gasteiger partial charge on any atom is 0.311 e. The van der Waals surface area contributed by atoms with Gasteiger partial charge in [-0.25, -0.2) is 4.98 Å². The molecule has 168 valence electrons. The summed E-state index contributed by atoms with van der Waals surface area (Å²) in [4.78, 5) is 18.2. The fraction of sp³-hybridized carbons (Fsp3) is 0.476. The van der Waals surface area contributed by atoms with E-state index in [1.54, 1.807) is 25.6 Å². The van der Waals surface area contributed by atoms with Gasteiger partial charge in [-0.1, -0.05) is 6.07 Å². The first kappa shape index (κ1) is 23.0. The van der Waals surface area contributed by atoms with Crippen LogP contribution in [0.1, 0.15) is 18.2 Å². The van der Waals surface area contributed by atoms with Crippen molar-refractivity contribution in [1.82, 2.24) is 9.88 Å². The number of carbonyl (C=O) groups excluding carboxylic acids is 1. The van der Waals surface area contributed by atoms with Crippen molar-refractivity contribution >= 4 is 28.7 Å². The molecule has 0 amide bonds. The number of benzene rings is 1. The van der Waals surface area contributed by atoms with Crippen LogP contribution >= 0.6 is 11.3 Å². The first-order chi connectivity index (χ1) is 15.2. The summed E-state index contributed by atoms with van der Waals surface area (Å²) in [6, 6.07) is 5.65. The Morgan fingerprint density at radius 1 is 1.39 bits per heavy atom. The number of para-hydroxylation sites is 1. The Balaban J connectivity index is 1.58. The van der Waals surface area contributed by atoms with E-state index < -0.39 is 0 Å². The van der Waals surface area contributed by atoms with E-state index >= 15 is 0 Å². The average Bonchev–Trinajstić information content (AvgIpc) is 3.22. The van der Waals surface area contributed by atoms with E-state index in [2.05, 4.69) is 20.4 Å². The molecular weight excluding hydrogens is 420 g/mol. The summed E-state index contributed by atoms with van der Waals surface area (Å²) in [6.45, 7) is 6.85. The standard InChI is InChI=1S/C21H28N4O5S/c1-3-29-19(26)13-17-15-31-21(23-17)24-22-14-16-5-4-6-18(27-2)20(16)30-12-9-25-7-10-28-11-8-25/h4-6,14-15H,3,7-13H2,1-2H3,(H,23,24). The molecule has 10 heteroatoms. The number of aromatic nitrogens is 1. The Morgan fingerprint density at radius 3 is 3.00 bits per heavy atom. The predicted octanol–water partition coefficient (Wildman–Crippen LogP) is 2.41. The molecule has 0 unspecified atom stereocenters. The lowest BCUT2D eigenvalue weighted by atomic mass is 10.2. The van der Waals surface area contributed by atoms with Crippen molar-refractivity contribution < 1.29 is 23.7 Å². The maximum absolute atomic E-state index is 11.6. The fourth-order valence-corrected chi connectivity index (χ4v) is 3.67. The number of rotatable bonds is 11. The van der Waals surface area contributed by atoms with Gasteiger partial charge in [0.1, 0.15) is 6.61 Å². The van der Waals surface area contributed by atoms with Crippen molar-refractivity contribution in [3.05, 3.63) is 34.8 Å². The normalized spacial score (nSPS) is 14.5. The lowest BCUT2D eigenvalue weighted by Gasteiger charge is -2.26. The van der Waals surface area contributed by atoms with Crippen molar-refractivity contribution in [2.45, 2.75) is 13.3 Å². The molecule has 1 aromatic carbocycles. The largest absolute Gasteiger partial charge is 0.493 e. The van der Waals surface area contributed by atoms with Crippen LogP contribution in [-0.2, 0) is 20.7 Å². The quantitative estimate of drug-likeness (QED) is 0.318. The van der Waals surface area contributed by atoms with E-state index in [0.717, 1.165) is 38.4 Å². The molecule has 3 rings (SSSR count). The average molecular weight is 449 g/mol. The summed E-state index contributed by atoms with van der Waals surface area (Å²) in [6.07, 6.45) is 1.81. The molecule has 0 radical (unpaired) electrons. The molecule has 1 fully saturated rings. The number of nitrogens with one attached hydrogen (secondary N) is 1. The molecular formula is C21H28N4O5S. The van der Waals surface area contributed by atoms with Gasteiger partial charge in [0, 0.05) is 30.6 Å². The van der Waals surface area contributed by atoms with E-state index in [1.165, 1.54) is 11.3 Å². The van der Waals surface area contributed by atoms with Crippen LogP contribution in [0.25, 0.3) is 0 Å². The van der Waals surface area contributed by atoms with Crippen molar-refractivity contribution in [2.75, 3.05) is 58.6 Å². The van der Waals surface area contributed by atoms with Crippen LogP contribution in [0.5, 0.6) is 11.5 Å². The Kier molecular flexibility index (Phi) is 9.07. The number of morpholine rings is 1. The molecule has 1 aliphatic heterocycles. The first-order valence-corrected chi connectivity index (χ1v) is 11.1. The number of carbonyl (C=O) groups is 1. The third-order valence-corrected chi connectivity index (χ3v) is 5.33. The van der Waals surface area contributed by atoms with Crippen LogP contribution < -0.4 is 14.9 Å². The van der Waals surface area contributed by atoms with Crippen LogP contribution in [0, 0.1) is 0 Å². The summed E-state index contributed by atoms with van der Waals surface area (Å²) < 4.78 is 21.8. The number of hydrogen-bond donors (Lipinski definition) is 1. The van der Waals surface area contributed by atoms with Crippen molar-refractivity contribution in [3.63, 3.8) is 0 Å². The second kappa shape index (κ2) is 12.2. The minimum Gasteiger partial charge on any atom is -0.493 e. The molecule has 1 N–H and O–H groups in total. The first-order valence-electron chi connectivity index (χ1n) is 10.2. The van der Waals surface area contributed by atoms with Crippen molar-refractivity contribution in [1.29, 1.82) is 0 Å². The number of nitrogens with zero attached hydrogens (tertiary/aromatic N) is 3. The molecule has 1 aromatic heterocycles. The van der Waals surface area contributed by atoms with Crippen LogP contribution in [0.4, 0.5) is 5.13 Å². The predicted molar refractivity (Wildman–Crippen MR) is 119 cm³/mol. The van der Waals surface area contributed by atoms with Crippen molar-refractivity contribution in [2.24, 2.45) is 5.10 Å². The molecule has 31 heavy (non-hydrogen) atoms. The number of methoxy groups -OCH3 is 1. The molecule has 1 saturated heterocycles. The topological polar surface area (TPSA) is 94.5 Å². The highest BCUT2D eigenvalue weighted by Crippen LogP contribution is 2.30. The Morgan fingerprint density at radius 2 is 2.23 bits per heavy atom. The van der Waals surface area contributed by atoms with Gasteiger partial charge in [0.05, 0.1) is 45.3 Å². The van der Waals surface area contributed by atoms with E-state index in [0.29, 0.717) is 35.5 Å². The summed E-state index contributed by atoms with van der Waals surface area (Å²) in [5.74, 6) is 1.00. The van der Waals surface area contributed by atoms with E-state index in [9.17, 15) is 4.79 Å². The van der Waals surface area contributed by atoms with Gasteiger partial charge in [-0.15, -0.1) is 11.3 Å². The summed E-state index contributed by atoms with van der Waals surface area (Å²) in [7, 11) is 1.62. The maximum atomic E-state index is 11.6. The number of ether oxygens (including phenoxy) is 4. The molecule has 0 atom stereocenters. The van der Waals surface area contributed by atoms with Crippen LogP contribution in [0.15, 0.2) is 28.7 Å². The lowest BCUT2D eigenvalue weighted by Crippen LogP contribution is -2.38. The van der Waals surface area contributed by atoms with Crippen molar-refractivity contribution in [3.8, 4) is 11.5 Å². The summed E-state index contributed by atoms with van der Waals surface area (Å²) >= 11 is 1.37. The van der Waals surface area contributed by atoms with E-state index in [-0.39, 0.29) is 12.4 Å². The van der Waals surface area contributed by atoms with Gasteiger partial charge in [0.15, 0.2) is 11.5 Å². The van der Waals surface area contributed by atoms with E-state index in [4.69, 9.17) is 18.9 Å². The Hall–Kier alpha value is -2.69. The molecule has 2 heterocycles. The molecule has 0 bridgehead atoms. The zero-order valence-corrected chi connectivity index (χ0v) is 18.7. The molecule has 0 aliphatic carbocycles. The Labute approximate surface area is 186 Å². The van der Waals surface area contributed by atoms with Crippen LogP contribution in [0.2, 0.25) is 0 Å². The smallest absolute Gasteiger partial charge is 0.311 e. The third-order valence-electron chi connectivity index (χ3n) is 4.53. The number of thiazole rings is 1. The number of esters is 1. The number of anilines is 1. The van der Waals surface area contributed by atoms with Gasteiger partial charge in [-0.2, -0.15) is 5.10 Å². The Bertz CT molecular complexity index is 867. The molecule has 1 aliphatic rings. The summed E-state index contributed by atoms with van der Waals surface area (Å²) in [5, 5.41) is 6.67. The minimum atomic E-state index is -0.293. The highest BCUT2D eigenvalue weighted by Gasteiger charge is 2.13. The van der Waals surface area contributed by atoms with Gasteiger partial charge in [-0.3, -0.25) is 15.1 Å². The third kappa shape index (κ3) is 7.20. The lowest BCUT2D eigenvalue weighted by molar-refractivity contribution is -0.142. The molecule has 2 aromatic rings. The fourth-order valence-electron chi connectivity index (χ4n) is 3.01. The van der Waals surface area contributed by atoms with Gasteiger partial charge in [-0.05, 0) is 19.1 Å². The molecule has 9 nitrogen and oxygen atoms in total. The highest BCUT2D eigenvalue weighted by molar-refractivity contribution is 7.13. The van der Waals surface area contributed by atoms with Crippen LogP contribution in [0.3, 0.4) is 0 Å². The zero-order valence-electron chi connectivity index (χ0n) is 17.8. The highest BCUT2D eigenvalue weighted by atomic mass is 32.1. The van der Waals surface area contributed by atoms with E-state index in [1.807, 2.05) is 18.2 Å². The number of hydrazone groups is 1. The number of hydrogen-bond acceptors (Lipinski definition) is 10. The van der Waals surface area contributed by atoms with Gasteiger partial charge >= 0.3 is 5.97 Å². The second-order valence-corrected chi connectivity index (χ2v) is 7.53. The van der Waals surface area contributed by atoms with Gasteiger partial charge < -0.3 is 18.9 Å². The summed E-state index contributed by atoms with van der Waals surface area (Å²) in [5.41, 5.74) is 4.33. The monoisotopic (exact) mass is 448 g/mol. The zero-order chi connectivity index (χ0) is 21.9.